The molecular weight excluding hydrogens is 365 g/mol. The highest BCUT2D eigenvalue weighted by Crippen LogP contribution is 2.30. The van der Waals surface area contributed by atoms with Crippen molar-refractivity contribution in [2.75, 3.05) is 12.4 Å². The van der Waals surface area contributed by atoms with Gasteiger partial charge in [0.2, 0.25) is 5.91 Å². The van der Waals surface area contributed by atoms with Gasteiger partial charge in [-0.15, -0.1) is 5.10 Å². The highest BCUT2D eigenvalue weighted by atomic mass is 35.5. The molecule has 0 aliphatic rings. The summed E-state index contributed by atoms with van der Waals surface area (Å²) in [5.41, 5.74) is 1.34. The van der Waals surface area contributed by atoms with E-state index in [-0.39, 0.29) is 24.2 Å². The average Bonchev–Trinajstić information content (AvgIpc) is 3.03. The van der Waals surface area contributed by atoms with Crippen molar-refractivity contribution in [2.45, 2.75) is 6.42 Å². The van der Waals surface area contributed by atoms with Crippen LogP contribution in [0.3, 0.4) is 0 Å². The molecule has 8 heteroatoms. The summed E-state index contributed by atoms with van der Waals surface area (Å²) in [6.07, 6.45) is 0.149. The molecule has 1 aromatic heterocycles. The molecule has 1 N–H and O–H groups in total. The van der Waals surface area contributed by atoms with Crippen LogP contribution in [0.15, 0.2) is 46.9 Å². The van der Waals surface area contributed by atoms with Gasteiger partial charge in [-0.05, 0) is 35.9 Å². The first-order chi connectivity index (χ1) is 12.0. The number of nitrogens with one attached hydrogen (secondary N) is 1. The van der Waals surface area contributed by atoms with Crippen molar-refractivity contribution >= 4 is 35.1 Å². The molecule has 128 valence electrons. The molecular formula is C17H13Cl2N3O3. The molecule has 0 bridgehead atoms. The molecule has 6 nitrogen and oxygen atoms in total. The molecule has 0 spiro atoms. The summed E-state index contributed by atoms with van der Waals surface area (Å²) < 4.78 is 10.6. The van der Waals surface area contributed by atoms with Crippen molar-refractivity contribution in [2.24, 2.45) is 0 Å². The zero-order chi connectivity index (χ0) is 17.8. The van der Waals surface area contributed by atoms with E-state index in [1.807, 2.05) is 18.2 Å². The molecule has 25 heavy (non-hydrogen) atoms. The Balaban J connectivity index is 1.69. The Labute approximate surface area is 153 Å². The molecule has 3 rings (SSSR count). The summed E-state index contributed by atoms with van der Waals surface area (Å²) in [5.74, 6) is 0.590. The molecule has 0 atom stereocenters. The number of nitrogens with zero attached hydrogens (tertiary/aromatic N) is 2. The predicted octanol–water partition coefficient (Wildman–Crippen LogP) is 4.23. The number of hydrogen-bond acceptors (Lipinski definition) is 5. The minimum absolute atomic E-state index is 0.00564. The lowest BCUT2D eigenvalue weighted by molar-refractivity contribution is -0.115. The maximum absolute atomic E-state index is 12.1. The summed E-state index contributed by atoms with van der Waals surface area (Å²) in [6, 6.07) is 12.1. The third-order valence-electron chi connectivity index (χ3n) is 3.33. The molecule has 0 saturated carbocycles. The van der Waals surface area contributed by atoms with Crippen LogP contribution >= 0.6 is 23.2 Å². The second-order valence-corrected chi connectivity index (χ2v) is 5.96. The Bertz CT molecular complexity index is 912. The van der Waals surface area contributed by atoms with E-state index in [0.717, 1.165) is 5.56 Å². The van der Waals surface area contributed by atoms with Crippen LogP contribution in [0.2, 0.25) is 10.0 Å². The van der Waals surface area contributed by atoms with Crippen LogP contribution in [-0.2, 0) is 11.2 Å². The van der Waals surface area contributed by atoms with Crippen LogP contribution < -0.4 is 10.1 Å². The van der Waals surface area contributed by atoms with E-state index < -0.39 is 0 Å². The van der Waals surface area contributed by atoms with E-state index in [4.69, 9.17) is 32.4 Å². The highest BCUT2D eigenvalue weighted by molar-refractivity contribution is 6.36. The molecule has 0 saturated heterocycles. The van der Waals surface area contributed by atoms with Gasteiger partial charge in [0.25, 0.3) is 5.89 Å². The van der Waals surface area contributed by atoms with Crippen molar-refractivity contribution < 1.29 is 13.9 Å². The number of anilines is 1. The molecule has 0 aliphatic heterocycles. The van der Waals surface area contributed by atoms with Crippen molar-refractivity contribution in [3.63, 3.8) is 0 Å². The maximum Gasteiger partial charge on any atom is 0.322 e. The van der Waals surface area contributed by atoms with Crippen LogP contribution in [-0.4, -0.2) is 23.2 Å². The van der Waals surface area contributed by atoms with E-state index in [0.29, 0.717) is 21.4 Å². The summed E-state index contributed by atoms with van der Waals surface area (Å²) in [6.45, 7) is 0. The third kappa shape index (κ3) is 4.29. The molecule has 1 heterocycles. The van der Waals surface area contributed by atoms with Crippen molar-refractivity contribution in [3.8, 4) is 17.2 Å². The third-order valence-corrected chi connectivity index (χ3v) is 3.88. The monoisotopic (exact) mass is 377 g/mol. The van der Waals surface area contributed by atoms with Crippen molar-refractivity contribution in [1.29, 1.82) is 0 Å². The second-order valence-electron chi connectivity index (χ2n) is 5.11. The maximum atomic E-state index is 12.1. The number of hydrogen-bond donors (Lipinski definition) is 1. The zero-order valence-electron chi connectivity index (χ0n) is 13.1. The molecule has 0 aliphatic carbocycles. The van der Waals surface area contributed by atoms with Gasteiger partial charge in [0.15, 0.2) is 0 Å². The van der Waals surface area contributed by atoms with Gasteiger partial charge in [-0.2, -0.15) is 0 Å². The Kier molecular flexibility index (Phi) is 5.21. The number of carbonyl (C=O) groups is 1. The first-order valence-electron chi connectivity index (χ1n) is 7.27. The second kappa shape index (κ2) is 7.55. The Morgan fingerprint density at radius 2 is 2.04 bits per heavy atom. The zero-order valence-corrected chi connectivity index (χ0v) is 14.6. The minimum atomic E-state index is -0.286. The largest absolute Gasteiger partial charge is 0.497 e. The quantitative estimate of drug-likeness (QED) is 0.719. The molecule has 2 aromatic carbocycles. The van der Waals surface area contributed by atoms with Gasteiger partial charge in [-0.25, -0.2) is 0 Å². The smallest absolute Gasteiger partial charge is 0.322 e. The molecule has 0 radical (unpaired) electrons. The fraction of sp³-hybridized carbons (Fsp3) is 0.118. The van der Waals surface area contributed by atoms with E-state index in [1.165, 1.54) is 0 Å². The summed E-state index contributed by atoms with van der Waals surface area (Å²) in [7, 11) is 1.57. The van der Waals surface area contributed by atoms with Crippen molar-refractivity contribution in [3.05, 3.63) is 58.1 Å². The lowest BCUT2D eigenvalue weighted by atomic mass is 10.1. The number of ether oxygens (including phenoxy) is 1. The van der Waals surface area contributed by atoms with Crippen LogP contribution in [0.1, 0.15) is 5.56 Å². The van der Waals surface area contributed by atoms with Gasteiger partial charge in [-0.1, -0.05) is 40.4 Å². The fourth-order valence-electron chi connectivity index (χ4n) is 2.18. The lowest BCUT2D eigenvalue weighted by Crippen LogP contribution is -2.14. The number of carbonyl (C=O) groups excluding carboxylic acids is 1. The van der Waals surface area contributed by atoms with Crippen molar-refractivity contribution in [1.82, 2.24) is 10.2 Å². The molecule has 1 amide bonds. The van der Waals surface area contributed by atoms with Gasteiger partial charge in [0.1, 0.15) is 5.75 Å². The van der Waals surface area contributed by atoms with Gasteiger partial charge in [0.05, 0.1) is 24.1 Å². The topological polar surface area (TPSA) is 77.2 Å². The number of methoxy groups -OCH3 is 1. The Hall–Kier alpha value is -2.57. The number of benzene rings is 2. The number of halogens is 2. The first kappa shape index (κ1) is 17.3. The summed E-state index contributed by atoms with van der Waals surface area (Å²) >= 11 is 12.0. The first-order valence-corrected chi connectivity index (χ1v) is 8.02. The highest BCUT2D eigenvalue weighted by Gasteiger charge is 2.14. The minimum Gasteiger partial charge on any atom is -0.497 e. The molecule has 0 unspecified atom stereocenters. The van der Waals surface area contributed by atoms with Gasteiger partial charge >= 0.3 is 6.01 Å². The Morgan fingerprint density at radius 1 is 1.20 bits per heavy atom. The van der Waals surface area contributed by atoms with E-state index >= 15 is 0 Å². The van der Waals surface area contributed by atoms with Gasteiger partial charge in [-0.3, -0.25) is 10.1 Å². The summed E-state index contributed by atoms with van der Waals surface area (Å²) in [4.78, 5) is 12.1. The standard InChI is InChI=1S/C17H13Cl2N3O3/c1-24-12-4-2-3-10(7-12)8-15(23)20-17-22-21-16(25-17)13-6-5-11(18)9-14(13)19/h2-7,9H,8H2,1H3,(H,20,22,23). The van der Waals surface area contributed by atoms with Crippen LogP contribution in [0.5, 0.6) is 5.75 Å². The van der Waals surface area contributed by atoms with Gasteiger partial charge in [0, 0.05) is 5.02 Å². The van der Waals surface area contributed by atoms with Crippen LogP contribution in [0.4, 0.5) is 6.01 Å². The number of aromatic nitrogens is 2. The fourth-order valence-corrected chi connectivity index (χ4v) is 2.67. The molecule has 3 aromatic rings. The lowest BCUT2D eigenvalue weighted by Gasteiger charge is -2.04. The molecule has 0 fully saturated rings. The normalized spacial score (nSPS) is 10.5. The van der Waals surface area contributed by atoms with Gasteiger partial charge < -0.3 is 9.15 Å². The Morgan fingerprint density at radius 3 is 2.80 bits per heavy atom. The van der Waals surface area contributed by atoms with E-state index in [1.54, 1.807) is 31.4 Å². The number of rotatable bonds is 5. The van der Waals surface area contributed by atoms with E-state index in [2.05, 4.69) is 15.5 Å². The van der Waals surface area contributed by atoms with E-state index in [9.17, 15) is 4.79 Å². The predicted molar refractivity (Wildman–Crippen MR) is 95.1 cm³/mol. The average molecular weight is 378 g/mol. The summed E-state index contributed by atoms with van der Waals surface area (Å²) in [5, 5.41) is 11.1. The SMILES string of the molecule is COc1cccc(CC(=O)Nc2nnc(-c3ccc(Cl)cc3Cl)o2)c1. The van der Waals surface area contributed by atoms with Crippen LogP contribution in [0.25, 0.3) is 11.5 Å². The van der Waals surface area contributed by atoms with Crippen LogP contribution in [0, 0.1) is 0 Å². The number of amides is 1.